The summed E-state index contributed by atoms with van der Waals surface area (Å²) >= 11 is 0. The van der Waals surface area contributed by atoms with Gasteiger partial charge in [-0.05, 0) is 51.2 Å². The van der Waals surface area contributed by atoms with Gasteiger partial charge < -0.3 is 4.90 Å². The Balaban J connectivity index is 3.10. The van der Waals surface area contributed by atoms with Gasteiger partial charge in [-0.1, -0.05) is 6.92 Å². The Morgan fingerprint density at radius 2 is 1.86 bits per heavy atom. The summed E-state index contributed by atoms with van der Waals surface area (Å²) in [5.41, 5.74) is 1.19. The lowest BCUT2D eigenvalue weighted by atomic mass is 10.1. The van der Waals surface area contributed by atoms with E-state index >= 15 is 0 Å². The highest BCUT2D eigenvalue weighted by Gasteiger charge is 2.24. The van der Waals surface area contributed by atoms with Crippen molar-refractivity contribution in [3.63, 3.8) is 0 Å². The van der Waals surface area contributed by atoms with Gasteiger partial charge in [-0.3, -0.25) is 0 Å². The standard InChI is InChI=1S/C15H23N3O2S/c1-5-8-18(10-9-17(3)4)21(19,20)15-7-6-14(12-16)13(2)11-15/h6-7,11H,5,8-10H2,1-4H3. The first-order valence-corrected chi connectivity index (χ1v) is 8.42. The SMILES string of the molecule is CCCN(CCN(C)C)S(=O)(=O)c1ccc(C#N)c(C)c1. The number of nitrogens with zero attached hydrogens (tertiary/aromatic N) is 3. The van der Waals surface area contributed by atoms with Gasteiger partial charge in [-0.25, -0.2) is 8.42 Å². The molecule has 0 aliphatic rings. The molecule has 0 aromatic heterocycles. The molecule has 1 aromatic rings. The molecule has 0 atom stereocenters. The summed E-state index contributed by atoms with van der Waals surface area (Å²) in [6.45, 7) is 5.34. The molecule has 1 rings (SSSR count). The zero-order valence-electron chi connectivity index (χ0n) is 13.1. The maximum Gasteiger partial charge on any atom is 0.243 e. The summed E-state index contributed by atoms with van der Waals surface area (Å²) in [6.07, 6.45) is 0.766. The molecule has 0 N–H and O–H groups in total. The molecule has 0 unspecified atom stereocenters. The lowest BCUT2D eigenvalue weighted by Gasteiger charge is -2.23. The number of nitriles is 1. The lowest BCUT2D eigenvalue weighted by molar-refractivity contribution is 0.333. The summed E-state index contributed by atoms with van der Waals surface area (Å²) < 4.78 is 26.9. The van der Waals surface area contributed by atoms with E-state index in [0.717, 1.165) is 6.42 Å². The van der Waals surface area contributed by atoms with Crippen molar-refractivity contribution in [3.8, 4) is 6.07 Å². The number of aryl methyl sites for hydroxylation is 1. The van der Waals surface area contributed by atoms with Crippen LogP contribution in [0.1, 0.15) is 24.5 Å². The van der Waals surface area contributed by atoms with Crippen molar-refractivity contribution in [2.45, 2.75) is 25.2 Å². The van der Waals surface area contributed by atoms with E-state index in [2.05, 4.69) is 6.07 Å². The summed E-state index contributed by atoms with van der Waals surface area (Å²) in [6, 6.07) is 6.71. The molecule has 0 saturated heterocycles. The van der Waals surface area contributed by atoms with Crippen LogP contribution in [-0.2, 0) is 10.0 Å². The fraction of sp³-hybridized carbons (Fsp3) is 0.533. The molecule has 0 saturated carbocycles. The molecule has 0 aliphatic carbocycles. The predicted molar refractivity (Wildman–Crippen MR) is 83.5 cm³/mol. The molecule has 0 aliphatic heterocycles. The van der Waals surface area contributed by atoms with Crippen LogP contribution in [0, 0.1) is 18.3 Å². The molecule has 0 amide bonds. The third kappa shape index (κ3) is 4.53. The van der Waals surface area contributed by atoms with Crippen LogP contribution in [-0.4, -0.2) is 51.4 Å². The quantitative estimate of drug-likeness (QED) is 0.771. The zero-order chi connectivity index (χ0) is 16.0. The Kier molecular flexibility index (Phi) is 6.34. The monoisotopic (exact) mass is 309 g/mol. The van der Waals surface area contributed by atoms with Crippen molar-refractivity contribution < 1.29 is 8.42 Å². The van der Waals surface area contributed by atoms with E-state index in [1.165, 1.54) is 10.4 Å². The van der Waals surface area contributed by atoms with E-state index in [9.17, 15) is 8.42 Å². The van der Waals surface area contributed by atoms with E-state index in [1.807, 2.05) is 25.9 Å². The predicted octanol–water partition coefficient (Wildman–Crippen LogP) is 1.83. The topological polar surface area (TPSA) is 64.4 Å². The van der Waals surface area contributed by atoms with Crippen LogP contribution in [0.15, 0.2) is 23.1 Å². The van der Waals surface area contributed by atoms with Crippen LogP contribution in [0.5, 0.6) is 0 Å². The van der Waals surface area contributed by atoms with Crippen LogP contribution in [0.4, 0.5) is 0 Å². The molecule has 0 fully saturated rings. The van der Waals surface area contributed by atoms with Crippen molar-refractivity contribution in [1.29, 1.82) is 5.26 Å². The second kappa shape index (κ2) is 7.55. The van der Waals surface area contributed by atoms with Crippen molar-refractivity contribution in [3.05, 3.63) is 29.3 Å². The van der Waals surface area contributed by atoms with E-state index in [0.29, 0.717) is 30.8 Å². The summed E-state index contributed by atoms with van der Waals surface area (Å²) in [5.74, 6) is 0. The van der Waals surface area contributed by atoms with Crippen molar-refractivity contribution >= 4 is 10.0 Å². The van der Waals surface area contributed by atoms with Gasteiger partial charge in [0.15, 0.2) is 0 Å². The smallest absolute Gasteiger partial charge is 0.243 e. The van der Waals surface area contributed by atoms with Gasteiger partial charge in [0.05, 0.1) is 16.5 Å². The first kappa shape index (κ1) is 17.6. The highest BCUT2D eigenvalue weighted by Crippen LogP contribution is 2.19. The van der Waals surface area contributed by atoms with Gasteiger partial charge in [0.1, 0.15) is 0 Å². The molecule has 21 heavy (non-hydrogen) atoms. The first-order valence-electron chi connectivity index (χ1n) is 6.98. The van der Waals surface area contributed by atoms with Gasteiger partial charge in [0, 0.05) is 19.6 Å². The molecule has 6 heteroatoms. The molecule has 5 nitrogen and oxygen atoms in total. The second-order valence-corrected chi connectivity index (χ2v) is 7.23. The second-order valence-electron chi connectivity index (χ2n) is 5.30. The molecule has 0 bridgehead atoms. The molecule has 116 valence electrons. The van der Waals surface area contributed by atoms with E-state index in [4.69, 9.17) is 5.26 Å². The molecular weight excluding hydrogens is 286 g/mol. The van der Waals surface area contributed by atoms with Gasteiger partial charge in [0.25, 0.3) is 0 Å². The minimum absolute atomic E-state index is 0.256. The fourth-order valence-electron chi connectivity index (χ4n) is 1.98. The molecule has 0 heterocycles. The third-order valence-electron chi connectivity index (χ3n) is 3.23. The molecule has 1 aromatic carbocycles. The maximum atomic E-state index is 12.7. The number of rotatable bonds is 7. The summed E-state index contributed by atoms with van der Waals surface area (Å²) in [5, 5.41) is 8.94. The summed E-state index contributed by atoms with van der Waals surface area (Å²) in [4.78, 5) is 2.22. The Bertz CT molecular complexity index is 618. The zero-order valence-corrected chi connectivity index (χ0v) is 13.9. The Morgan fingerprint density at radius 3 is 2.33 bits per heavy atom. The summed E-state index contributed by atoms with van der Waals surface area (Å²) in [7, 11) is 0.329. The number of sulfonamides is 1. The van der Waals surface area contributed by atoms with Gasteiger partial charge >= 0.3 is 0 Å². The Hall–Kier alpha value is -1.42. The number of likely N-dealkylation sites (N-methyl/N-ethyl adjacent to an activating group) is 1. The average Bonchev–Trinajstić information content (AvgIpc) is 2.42. The largest absolute Gasteiger partial charge is 0.308 e. The minimum atomic E-state index is -3.51. The minimum Gasteiger partial charge on any atom is -0.308 e. The highest BCUT2D eigenvalue weighted by molar-refractivity contribution is 7.89. The van der Waals surface area contributed by atoms with E-state index < -0.39 is 10.0 Å². The number of hydrogen-bond donors (Lipinski definition) is 0. The lowest BCUT2D eigenvalue weighted by Crippen LogP contribution is -2.37. The molecular formula is C15H23N3O2S. The third-order valence-corrected chi connectivity index (χ3v) is 5.12. The van der Waals surface area contributed by atoms with Crippen LogP contribution >= 0.6 is 0 Å². The van der Waals surface area contributed by atoms with Crippen LogP contribution in [0.2, 0.25) is 0 Å². The van der Waals surface area contributed by atoms with Gasteiger partial charge in [-0.2, -0.15) is 9.57 Å². The van der Waals surface area contributed by atoms with Crippen LogP contribution in [0.25, 0.3) is 0 Å². The fourth-order valence-corrected chi connectivity index (χ4v) is 3.59. The normalized spacial score (nSPS) is 11.9. The molecule has 0 spiro atoms. The Morgan fingerprint density at radius 1 is 1.19 bits per heavy atom. The van der Waals surface area contributed by atoms with Crippen LogP contribution < -0.4 is 0 Å². The molecule has 0 radical (unpaired) electrons. The van der Waals surface area contributed by atoms with Crippen molar-refractivity contribution in [2.24, 2.45) is 0 Å². The van der Waals surface area contributed by atoms with Crippen molar-refractivity contribution in [1.82, 2.24) is 9.21 Å². The van der Waals surface area contributed by atoms with Crippen LogP contribution in [0.3, 0.4) is 0 Å². The number of hydrogen-bond acceptors (Lipinski definition) is 4. The Labute approximate surface area is 127 Å². The van der Waals surface area contributed by atoms with Crippen molar-refractivity contribution in [2.75, 3.05) is 33.7 Å². The number of benzene rings is 1. The van der Waals surface area contributed by atoms with Gasteiger partial charge in [-0.15, -0.1) is 0 Å². The average molecular weight is 309 g/mol. The van der Waals surface area contributed by atoms with Gasteiger partial charge in [0.2, 0.25) is 10.0 Å². The maximum absolute atomic E-state index is 12.7. The van der Waals surface area contributed by atoms with E-state index in [-0.39, 0.29) is 4.90 Å². The first-order chi connectivity index (χ1) is 9.82. The van der Waals surface area contributed by atoms with E-state index in [1.54, 1.807) is 19.1 Å². The highest BCUT2D eigenvalue weighted by atomic mass is 32.2.